The Hall–Kier alpha value is -1.16. The first-order valence-electron chi connectivity index (χ1n) is 6.38. The van der Waals surface area contributed by atoms with Crippen molar-refractivity contribution in [3.8, 4) is 0 Å². The average Bonchev–Trinajstić information content (AvgIpc) is 2.43. The first kappa shape index (κ1) is 15.2. The van der Waals surface area contributed by atoms with Crippen molar-refractivity contribution in [3.05, 3.63) is 63.6 Å². The second kappa shape index (κ2) is 7.02. The SMILES string of the molecule is CCNC(Cc1cccc(Cl)c1Cl)c1cncc(F)c1. The zero-order valence-corrected chi connectivity index (χ0v) is 12.5. The number of halogens is 3. The zero-order valence-electron chi connectivity index (χ0n) is 11.0. The number of benzene rings is 1. The van der Waals surface area contributed by atoms with Crippen molar-refractivity contribution in [2.45, 2.75) is 19.4 Å². The van der Waals surface area contributed by atoms with Gasteiger partial charge in [0.15, 0.2) is 0 Å². The Balaban J connectivity index is 2.28. The predicted octanol–water partition coefficient (Wildman–Crippen LogP) is 4.42. The first-order valence-corrected chi connectivity index (χ1v) is 7.14. The molecule has 5 heteroatoms. The van der Waals surface area contributed by atoms with Crippen LogP contribution in [0.5, 0.6) is 0 Å². The fraction of sp³-hybridized carbons (Fsp3) is 0.267. The maximum Gasteiger partial charge on any atom is 0.141 e. The first-order chi connectivity index (χ1) is 9.61. The van der Waals surface area contributed by atoms with Crippen molar-refractivity contribution in [2.24, 2.45) is 0 Å². The molecular weight excluding hydrogens is 298 g/mol. The molecule has 0 radical (unpaired) electrons. The monoisotopic (exact) mass is 312 g/mol. The Morgan fingerprint density at radius 3 is 2.80 bits per heavy atom. The Morgan fingerprint density at radius 2 is 2.10 bits per heavy atom. The van der Waals surface area contributed by atoms with E-state index >= 15 is 0 Å². The van der Waals surface area contributed by atoms with Gasteiger partial charge in [-0.1, -0.05) is 42.3 Å². The van der Waals surface area contributed by atoms with Crippen LogP contribution in [0.4, 0.5) is 4.39 Å². The summed E-state index contributed by atoms with van der Waals surface area (Å²) < 4.78 is 13.3. The van der Waals surface area contributed by atoms with Gasteiger partial charge in [-0.25, -0.2) is 4.39 Å². The molecule has 0 saturated heterocycles. The van der Waals surface area contributed by atoms with Gasteiger partial charge in [0, 0.05) is 12.2 Å². The van der Waals surface area contributed by atoms with E-state index in [-0.39, 0.29) is 11.9 Å². The van der Waals surface area contributed by atoms with Gasteiger partial charge in [-0.2, -0.15) is 0 Å². The number of nitrogens with zero attached hydrogens (tertiary/aromatic N) is 1. The molecule has 1 N–H and O–H groups in total. The highest BCUT2D eigenvalue weighted by Gasteiger charge is 2.15. The molecule has 0 aliphatic rings. The molecular formula is C15H15Cl2FN2. The number of rotatable bonds is 5. The minimum atomic E-state index is -0.345. The molecule has 1 atom stereocenters. The largest absolute Gasteiger partial charge is 0.310 e. The van der Waals surface area contributed by atoms with Gasteiger partial charge in [-0.05, 0) is 36.2 Å². The average molecular weight is 313 g/mol. The predicted molar refractivity (Wildman–Crippen MR) is 80.8 cm³/mol. The minimum absolute atomic E-state index is 0.0563. The van der Waals surface area contributed by atoms with E-state index in [1.54, 1.807) is 12.3 Å². The summed E-state index contributed by atoms with van der Waals surface area (Å²) >= 11 is 12.2. The van der Waals surface area contributed by atoms with Crippen LogP contribution in [0.3, 0.4) is 0 Å². The topological polar surface area (TPSA) is 24.9 Å². The molecule has 1 aromatic heterocycles. The fourth-order valence-electron chi connectivity index (χ4n) is 2.10. The van der Waals surface area contributed by atoms with Crippen LogP contribution in [0.15, 0.2) is 36.7 Å². The summed E-state index contributed by atoms with van der Waals surface area (Å²) in [5.74, 6) is -0.345. The van der Waals surface area contributed by atoms with Gasteiger partial charge in [0.25, 0.3) is 0 Å². The zero-order chi connectivity index (χ0) is 14.5. The summed E-state index contributed by atoms with van der Waals surface area (Å²) in [6.07, 6.45) is 3.48. The molecule has 1 heterocycles. The molecule has 0 spiro atoms. The molecule has 1 aromatic carbocycles. The van der Waals surface area contributed by atoms with Gasteiger partial charge in [-0.3, -0.25) is 4.98 Å². The summed E-state index contributed by atoms with van der Waals surface area (Å²) in [4.78, 5) is 3.89. The lowest BCUT2D eigenvalue weighted by molar-refractivity contribution is 0.539. The van der Waals surface area contributed by atoms with Crippen molar-refractivity contribution in [2.75, 3.05) is 6.54 Å². The lowest BCUT2D eigenvalue weighted by Crippen LogP contribution is -2.23. The lowest BCUT2D eigenvalue weighted by Gasteiger charge is -2.19. The highest BCUT2D eigenvalue weighted by Crippen LogP contribution is 2.29. The number of hydrogen-bond donors (Lipinski definition) is 1. The van der Waals surface area contributed by atoms with E-state index in [1.807, 2.05) is 19.1 Å². The summed E-state index contributed by atoms with van der Waals surface area (Å²) in [5, 5.41) is 4.38. The molecule has 0 aliphatic carbocycles. The Bertz CT molecular complexity index is 590. The molecule has 2 aromatic rings. The molecule has 0 amide bonds. The van der Waals surface area contributed by atoms with Crippen LogP contribution in [-0.4, -0.2) is 11.5 Å². The second-order valence-electron chi connectivity index (χ2n) is 4.46. The van der Waals surface area contributed by atoms with Gasteiger partial charge in [0.2, 0.25) is 0 Å². The van der Waals surface area contributed by atoms with Gasteiger partial charge in [0.05, 0.1) is 16.2 Å². The molecule has 2 nitrogen and oxygen atoms in total. The van der Waals surface area contributed by atoms with Crippen LogP contribution in [0.2, 0.25) is 10.0 Å². The number of pyridine rings is 1. The van der Waals surface area contributed by atoms with E-state index in [0.29, 0.717) is 16.5 Å². The van der Waals surface area contributed by atoms with Crippen LogP contribution in [0.1, 0.15) is 24.1 Å². The van der Waals surface area contributed by atoms with Gasteiger partial charge in [-0.15, -0.1) is 0 Å². The second-order valence-corrected chi connectivity index (χ2v) is 5.25. The van der Waals surface area contributed by atoms with E-state index in [2.05, 4.69) is 10.3 Å². The number of nitrogens with one attached hydrogen (secondary N) is 1. The minimum Gasteiger partial charge on any atom is -0.310 e. The molecule has 20 heavy (non-hydrogen) atoms. The van der Waals surface area contributed by atoms with Crippen LogP contribution in [0, 0.1) is 5.82 Å². The smallest absolute Gasteiger partial charge is 0.141 e. The van der Waals surface area contributed by atoms with Crippen molar-refractivity contribution >= 4 is 23.2 Å². The highest BCUT2D eigenvalue weighted by molar-refractivity contribution is 6.42. The van der Waals surface area contributed by atoms with Gasteiger partial charge in [0.1, 0.15) is 5.82 Å². The summed E-state index contributed by atoms with van der Waals surface area (Å²) in [6.45, 7) is 2.76. The van der Waals surface area contributed by atoms with E-state index < -0.39 is 0 Å². The van der Waals surface area contributed by atoms with Crippen LogP contribution in [-0.2, 0) is 6.42 Å². The summed E-state index contributed by atoms with van der Waals surface area (Å²) in [6, 6.07) is 6.96. The Labute approximate surface area is 127 Å². The third-order valence-corrected chi connectivity index (χ3v) is 3.89. The van der Waals surface area contributed by atoms with Crippen molar-refractivity contribution < 1.29 is 4.39 Å². The Kier molecular flexibility index (Phi) is 5.35. The van der Waals surface area contributed by atoms with Crippen LogP contribution < -0.4 is 5.32 Å². The highest BCUT2D eigenvalue weighted by atomic mass is 35.5. The van der Waals surface area contributed by atoms with Gasteiger partial charge >= 0.3 is 0 Å². The number of aromatic nitrogens is 1. The summed E-state index contributed by atoms with van der Waals surface area (Å²) in [5.41, 5.74) is 1.72. The molecule has 0 bridgehead atoms. The lowest BCUT2D eigenvalue weighted by atomic mass is 10.00. The van der Waals surface area contributed by atoms with E-state index in [9.17, 15) is 4.39 Å². The van der Waals surface area contributed by atoms with Crippen LogP contribution >= 0.6 is 23.2 Å². The third-order valence-electron chi connectivity index (χ3n) is 3.03. The quantitative estimate of drug-likeness (QED) is 0.884. The maximum absolute atomic E-state index is 13.3. The molecule has 106 valence electrons. The molecule has 0 fully saturated rings. The molecule has 1 unspecified atom stereocenters. The maximum atomic E-state index is 13.3. The van der Waals surface area contributed by atoms with Crippen molar-refractivity contribution in [1.29, 1.82) is 0 Å². The normalized spacial score (nSPS) is 12.4. The van der Waals surface area contributed by atoms with Crippen LogP contribution in [0.25, 0.3) is 0 Å². The van der Waals surface area contributed by atoms with Crippen molar-refractivity contribution in [3.63, 3.8) is 0 Å². The standard InChI is InChI=1S/C15H15Cl2FN2/c1-2-20-14(11-6-12(18)9-19-8-11)7-10-4-3-5-13(16)15(10)17/h3-6,8-9,14,20H,2,7H2,1H3. The van der Waals surface area contributed by atoms with Crippen molar-refractivity contribution in [1.82, 2.24) is 10.3 Å². The fourth-order valence-corrected chi connectivity index (χ4v) is 2.50. The van der Waals surface area contributed by atoms with E-state index in [0.717, 1.165) is 17.7 Å². The number of hydrogen-bond acceptors (Lipinski definition) is 2. The molecule has 0 saturated carbocycles. The van der Waals surface area contributed by atoms with Gasteiger partial charge < -0.3 is 5.32 Å². The number of likely N-dealkylation sites (N-methyl/N-ethyl adjacent to an activating group) is 1. The van der Waals surface area contributed by atoms with E-state index in [1.165, 1.54) is 12.3 Å². The molecule has 0 aliphatic heterocycles. The van der Waals surface area contributed by atoms with E-state index in [4.69, 9.17) is 23.2 Å². The Morgan fingerprint density at radius 1 is 1.30 bits per heavy atom. The summed E-state index contributed by atoms with van der Waals surface area (Å²) in [7, 11) is 0. The third kappa shape index (κ3) is 3.69. The molecule has 2 rings (SSSR count).